The van der Waals surface area contributed by atoms with Gasteiger partial charge in [-0.3, -0.25) is 0 Å². The van der Waals surface area contributed by atoms with Crippen LogP contribution in [0.25, 0.3) is 0 Å². The van der Waals surface area contributed by atoms with E-state index in [1.807, 2.05) is 6.07 Å². The second kappa shape index (κ2) is 6.77. The first-order chi connectivity index (χ1) is 8.05. The van der Waals surface area contributed by atoms with Gasteiger partial charge in [0.15, 0.2) is 0 Å². The van der Waals surface area contributed by atoms with E-state index < -0.39 is 0 Å². The van der Waals surface area contributed by atoms with Crippen LogP contribution < -0.4 is 5.32 Å². The first-order valence-electron chi connectivity index (χ1n) is 6.48. The van der Waals surface area contributed by atoms with Gasteiger partial charge in [-0.25, -0.2) is 0 Å². The highest BCUT2D eigenvalue weighted by atomic mass is 16.5. The Balaban J connectivity index is 2.46. The maximum absolute atomic E-state index is 6.11. The van der Waals surface area contributed by atoms with E-state index in [0.717, 1.165) is 19.5 Å². The van der Waals surface area contributed by atoms with Gasteiger partial charge in [-0.1, -0.05) is 37.3 Å². The third-order valence-electron chi connectivity index (χ3n) is 2.74. The molecule has 0 aliphatic rings. The average Bonchev–Trinajstić information content (AvgIpc) is 2.30. The maximum Gasteiger partial charge on any atom is 0.0804 e. The molecular weight excluding hydrogens is 210 g/mol. The van der Waals surface area contributed by atoms with Gasteiger partial charge in [0.2, 0.25) is 0 Å². The Labute approximate surface area is 105 Å². The standard InChI is InChI=1S/C15H25NO/c1-5-11-16-12-15(3,4)17-13(2)14-9-7-6-8-10-14/h6-10,13,16H,5,11-12H2,1-4H3. The van der Waals surface area contributed by atoms with Crippen molar-refractivity contribution in [2.24, 2.45) is 0 Å². The Morgan fingerprint density at radius 2 is 1.88 bits per heavy atom. The molecule has 0 aliphatic heterocycles. The van der Waals surface area contributed by atoms with Gasteiger partial charge in [-0.15, -0.1) is 0 Å². The molecule has 0 heterocycles. The zero-order valence-corrected chi connectivity index (χ0v) is 11.5. The maximum atomic E-state index is 6.11. The van der Waals surface area contributed by atoms with Crippen LogP contribution in [0.15, 0.2) is 30.3 Å². The van der Waals surface area contributed by atoms with Crippen LogP contribution in [0, 0.1) is 0 Å². The molecule has 96 valence electrons. The minimum atomic E-state index is -0.134. The minimum absolute atomic E-state index is 0.134. The van der Waals surface area contributed by atoms with Crippen molar-refractivity contribution in [1.82, 2.24) is 5.32 Å². The average molecular weight is 235 g/mol. The van der Waals surface area contributed by atoms with Crippen LogP contribution in [0.2, 0.25) is 0 Å². The lowest BCUT2D eigenvalue weighted by molar-refractivity contribution is -0.0636. The number of benzene rings is 1. The summed E-state index contributed by atoms with van der Waals surface area (Å²) in [6.07, 6.45) is 1.29. The Morgan fingerprint density at radius 1 is 1.24 bits per heavy atom. The van der Waals surface area contributed by atoms with E-state index in [-0.39, 0.29) is 11.7 Å². The smallest absolute Gasteiger partial charge is 0.0804 e. The fourth-order valence-electron chi connectivity index (χ4n) is 1.88. The summed E-state index contributed by atoms with van der Waals surface area (Å²) in [5.41, 5.74) is 1.10. The lowest BCUT2D eigenvalue weighted by Crippen LogP contribution is -2.38. The molecular formula is C15H25NO. The van der Waals surface area contributed by atoms with Crippen LogP contribution in [-0.2, 0) is 4.74 Å². The summed E-state index contributed by atoms with van der Waals surface area (Å²) in [5, 5.41) is 3.41. The van der Waals surface area contributed by atoms with Crippen molar-refractivity contribution in [3.63, 3.8) is 0 Å². The molecule has 1 unspecified atom stereocenters. The molecule has 1 atom stereocenters. The molecule has 0 aliphatic carbocycles. The van der Waals surface area contributed by atoms with Crippen molar-refractivity contribution < 1.29 is 4.74 Å². The van der Waals surface area contributed by atoms with Crippen LogP contribution in [0.5, 0.6) is 0 Å². The molecule has 0 spiro atoms. The van der Waals surface area contributed by atoms with Crippen molar-refractivity contribution >= 4 is 0 Å². The topological polar surface area (TPSA) is 21.3 Å². The number of rotatable bonds is 7. The van der Waals surface area contributed by atoms with Crippen LogP contribution in [-0.4, -0.2) is 18.7 Å². The van der Waals surface area contributed by atoms with Gasteiger partial charge in [0, 0.05) is 6.54 Å². The molecule has 0 bridgehead atoms. The van der Waals surface area contributed by atoms with Crippen molar-refractivity contribution in [2.45, 2.75) is 45.8 Å². The lowest BCUT2D eigenvalue weighted by atomic mass is 10.1. The Morgan fingerprint density at radius 3 is 2.47 bits per heavy atom. The van der Waals surface area contributed by atoms with Crippen molar-refractivity contribution in [3.8, 4) is 0 Å². The first-order valence-corrected chi connectivity index (χ1v) is 6.48. The number of ether oxygens (including phenoxy) is 1. The second-order valence-corrected chi connectivity index (χ2v) is 5.11. The molecule has 17 heavy (non-hydrogen) atoms. The van der Waals surface area contributed by atoms with Crippen molar-refractivity contribution in [2.75, 3.05) is 13.1 Å². The van der Waals surface area contributed by atoms with Crippen LogP contribution in [0.4, 0.5) is 0 Å². The minimum Gasteiger partial charge on any atom is -0.367 e. The van der Waals surface area contributed by atoms with Gasteiger partial charge >= 0.3 is 0 Å². The monoisotopic (exact) mass is 235 g/mol. The van der Waals surface area contributed by atoms with E-state index in [4.69, 9.17) is 4.74 Å². The summed E-state index contributed by atoms with van der Waals surface area (Å²) < 4.78 is 6.11. The molecule has 0 saturated heterocycles. The molecule has 0 radical (unpaired) electrons. The summed E-state index contributed by atoms with van der Waals surface area (Å²) in [6.45, 7) is 10.5. The molecule has 1 aromatic rings. The summed E-state index contributed by atoms with van der Waals surface area (Å²) in [7, 11) is 0. The summed E-state index contributed by atoms with van der Waals surface area (Å²) in [4.78, 5) is 0. The van der Waals surface area contributed by atoms with E-state index in [2.05, 4.69) is 57.3 Å². The summed E-state index contributed by atoms with van der Waals surface area (Å²) >= 11 is 0. The highest BCUT2D eigenvalue weighted by Gasteiger charge is 2.21. The fraction of sp³-hybridized carbons (Fsp3) is 0.600. The van der Waals surface area contributed by atoms with Gasteiger partial charge in [-0.05, 0) is 39.3 Å². The molecule has 0 amide bonds. The molecule has 1 aromatic carbocycles. The third-order valence-corrected chi connectivity index (χ3v) is 2.74. The SMILES string of the molecule is CCCNCC(C)(C)OC(C)c1ccccc1. The molecule has 0 saturated carbocycles. The van der Waals surface area contributed by atoms with E-state index in [1.165, 1.54) is 5.56 Å². The predicted octanol–water partition coefficient (Wildman–Crippen LogP) is 3.54. The highest BCUT2D eigenvalue weighted by Crippen LogP contribution is 2.22. The molecule has 1 N–H and O–H groups in total. The van der Waals surface area contributed by atoms with Crippen molar-refractivity contribution in [3.05, 3.63) is 35.9 Å². The van der Waals surface area contributed by atoms with Gasteiger partial charge in [0.05, 0.1) is 11.7 Å². The van der Waals surface area contributed by atoms with Gasteiger partial charge < -0.3 is 10.1 Å². The first kappa shape index (κ1) is 14.2. The van der Waals surface area contributed by atoms with Gasteiger partial charge in [-0.2, -0.15) is 0 Å². The zero-order valence-electron chi connectivity index (χ0n) is 11.5. The van der Waals surface area contributed by atoms with Crippen LogP contribution in [0.1, 0.15) is 45.8 Å². The predicted molar refractivity (Wildman–Crippen MR) is 73.2 cm³/mol. The van der Waals surface area contributed by atoms with Crippen LogP contribution >= 0.6 is 0 Å². The molecule has 0 aromatic heterocycles. The van der Waals surface area contributed by atoms with Gasteiger partial charge in [0.25, 0.3) is 0 Å². The van der Waals surface area contributed by atoms with Crippen molar-refractivity contribution in [1.29, 1.82) is 0 Å². The third kappa shape index (κ3) is 5.33. The fourth-order valence-corrected chi connectivity index (χ4v) is 1.88. The molecule has 1 rings (SSSR count). The normalized spacial score (nSPS) is 13.6. The summed E-state index contributed by atoms with van der Waals surface area (Å²) in [5.74, 6) is 0. The van der Waals surface area contributed by atoms with Crippen LogP contribution in [0.3, 0.4) is 0 Å². The molecule has 2 heteroatoms. The molecule has 0 fully saturated rings. The highest BCUT2D eigenvalue weighted by molar-refractivity contribution is 5.17. The summed E-state index contributed by atoms with van der Waals surface area (Å²) in [6, 6.07) is 10.4. The number of nitrogens with one attached hydrogen (secondary N) is 1. The Bertz CT molecular complexity index is 308. The quantitative estimate of drug-likeness (QED) is 0.730. The number of hydrogen-bond acceptors (Lipinski definition) is 2. The zero-order chi connectivity index (χ0) is 12.7. The Hall–Kier alpha value is -0.860. The largest absolute Gasteiger partial charge is 0.367 e. The molecule has 2 nitrogen and oxygen atoms in total. The van der Waals surface area contributed by atoms with Gasteiger partial charge in [0.1, 0.15) is 0 Å². The van der Waals surface area contributed by atoms with E-state index in [0.29, 0.717) is 0 Å². The van der Waals surface area contributed by atoms with E-state index in [9.17, 15) is 0 Å². The van der Waals surface area contributed by atoms with E-state index >= 15 is 0 Å². The lowest BCUT2D eigenvalue weighted by Gasteiger charge is -2.29. The van der Waals surface area contributed by atoms with E-state index in [1.54, 1.807) is 0 Å². The Kier molecular flexibility index (Phi) is 5.66. The number of hydrogen-bond donors (Lipinski definition) is 1. The second-order valence-electron chi connectivity index (χ2n) is 5.11.